The van der Waals surface area contributed by atoms with E-state index in [9.17, 15) is 12.8 Å². The topological polar surface area (TPSA) is 85.1 Å². The second-order valence-corrected chi connectivity index (χ2v) is 6.61. The van der Waals surface area contributed by atoms with Gasteiger partial charge in [0, 0.05) is 17.1 Å². The average molecular weight is 301 g/mol. The zero-order valence-electron chi connectivity index (χ0n) is 10.1. The Labute approximate surface area is 114 Å². The molecule has 3 N–H and O–H groups in total. The van der Waals surface area contributed by atoms with Crippen LogP contribution in [0.25, 0.3) is 0 Å². The van der Waals surface area contributed by atoms with Crippen LogP contribution in [0.1, 0.15) is 10.6 Å². The Morgan fingerprint density at radius 2 is 2.16 bits per heavy atom. The van der Waals surface area contributed by atoms with E-state index < -0.39 is 15.8 Å². The minimum atomic E-state index is -3.79. The van der Waals surface area contributed by atoms with Crippen LogP contribution in [-0.2, 0) is 16.6 Å². The molecule has 8 heteroatoms. The molecule has 102 valence electrons. The summed E-state index contributed by atoms with van der Waals surface area (Å²) in [5.74, 6) is -0.686. The molecule has 5 nitrogen and oxygen atoms in total. The largest absolute Gasteiger partial charge is 0.399 e. The van der Waals surface area contributed by atoms with Crippen molar-refractivity contribution < 1.29 is 12.8 Å². The summed E-state index contributed by atoms with van der Waals surface area (Å²) in [6.07, 6.45) is 0. The molecule has 0 radical (unpaired) electrons. The highest BCUT2D eigenvalue weighted by atomic mass is 32.2. The fourth-order valence-electron chi connectivity index (χ4n) is 1.48. The predicted molar refractivity (Wildman–Crippen MR) is 71.7 cm³/mol. The number of aryl methyl sites for hydroxylation is 1. The number of benzene rings is 1. The fraction of sp³-hybridized carbons (Fsp3) is 0.182. The van der Waals surface area contributed by atoms with Crippen molar-refractivity contribution in [2.75, 3.05) is 5.73 Å². The maximum absolute atomic E-state index is 13.2. The third kappa shape index (κ3) is 3.28. The quantitative estimate of drug-likeness (QED) is 0.841. The van der Waals surface area contributed by atoms with Gasteiger partial charge < -0.3 is 5.73 Å². The van der Waals surface area contributed by atoms with Crippen molar-refractivity contribution in [1.29, 1.82) is 0 Å². The Morgan fingerprint density at radius 3 is 2.74 bits per heavy atom. The summed E-state index contributed by atoms with van der Waals surface area (Å²) in [7, 11) is -3.79. The Kier molecular flexibility index (Phi) is 3.83. The molecule has 1 heterocycles. The van der Waals surface area contributed by atoms with Crippen LogP contribution < -0.4 is 10.5 Å². The SMILES string of the molecule is Cc1ncsc1CNS(=O)(=O)c1cc(N)cc(F)c1. The lowest BCUT2D eigenvalue weighted by molar-refractivity contribution is 0.578. The minimum Gasteiger partial charge on any atom is -0.399 e. The number of hydrogen-bond acceptors (Lipinski definition) is 5. The van der Waals surface area contributed by atoms with Gasteiger partial charge in [0.1, 0.15) is 5.82 Å². The van der Waals surface area contributed by atoms with Gasteiger partial charge in [-0.1, -0.05) is 0 Å². The van der Waals surface area contributed by atoms with E-state index in [0.717, 1.165) is 22.7 Å². The van der Waals surface area contributed by atoms with Gasteiger partial charge in [0.15, 0.2) is 0 Å². The van der Waals surface area contributed by atoms with E-state index in [-0.39, 0.29) is 17.1 Å². The number of nitrogens with zero attached hydrogens (tertiary/aromatic N) is 1. The van der Waals surface area contributed by atoms with Crippen LogP contribution in [0.3, 0.4) is 0 Å². The molecule has 2 aromatic rings. The van der Waals surface area contributed by atoms with Crippen LogP contribution in [0.4, 0.5) is 10.1 Å². The van der Waals surface area contributed by atoms with Crippen molar-refractivity contribution in [1.82, 2.24) is 9.71 Å². The van der Waals surface area contributed by atoms with E-state index in [1.54, 1.807) is 12.4 Å². The highest BCUT2D eigenvalue weighted by Crippen LogP contribution is 2.17. The van der Waals surface area contributed by atoms with Gasteiger partial charge in [-0.05, 0) is 25.1 Å². The van der Waals surface area contributed by atoms with E-state index in [2.05, 4.69) is 9.71 Å². The monoisotopic (exact) mass is 301 g/mol. The van der Waals surface area contributed by atoms with Crippen LogP contribution in [0.5, 0.6) is 0 Å². The number of rotatable bonds is 4. The minimum absolute atomic E-state index is 0.0642. The first-order valence-corrected chi connectivity index (χ1v) is 7.69. The molecular formula is C11H12FN3O2S2. The molecule has 0 aliphatic carbocycles. The lowest BCUT2D eigenvalue weighted by Gasteiger charge is -2.07. The normalized spacial score (nSPS) is 11.7. The summed E-state index contributed by atoms with van der Waals surface area (Å²) in [6, 6.07) is 3.20. The molecule has 2 rings (SSSR count). The van der Waals surface area contributed by atoms with Crippen molar-refractivity contribution in [2.24, 2.45) is 0 Å². The Bertz CT molecular complexity index is 677. The Balaban J connectivity index is 2.21. The van der Waals surface area contributed by atoms with Gasteiger partial charge in [0.2, 0.25) is 10.0 Å². The maximum atomic E-state index is 13.2. The second-order valence-electron chi connectivity index (χ2n) is 3.91. The third-order valence-electron chi connectivity index (χ3n) is 2.47. The van der Waals surface area contributed by atoms with Crippen LogP contribution in [0.2, 0.25) is 0 Å². The van der Waals surface area contributed by atoms with E-state index in [1.165, 1.54) is 17.4 Å². The smallest absolute Gasteiger partial charge is 0.241 e. The third-order valence-corrected chi connectivity index (χ3v) is 4.79. The molecule has 0 aliphatic rings. The molecule has 19 heavy (non-hydrogen) atoms. The molecule has 0 unspecified atom stereocenters. The van der Waals surface area contributed by atoms with Crippen LogP contribution in [-0.4, -0.2) is 13.4 Å². The molecule has 1 aromatic carbocycles. The number of thiazole rings is 1. The van der Waals surface area contributed by atoms with E-state index >= 15 is 0 Å². The van der Waals surface area contributed by atoms with E-state index in [4.69, 9.17) is 5.73 Å². The molecule has 0 atom stereocenters. The van der Waals surface area contributed by atoms with Gasteiger partial charge >= 0.3 is 0 Å². The Morgan fingerprint density at radius 1 is 1.42 bits per heavy atom. The lowest BCUT2D eigenvalue weighted by Crippen LogP contribution is -2.23. The molecule has 1 aromatic heterocycles. The van der Waals surface area contributed by atoms with Crippen LogP contribution >= 0.6 is 11.3 Å². The number of nitrogens with one attached hydrogen (secondary N) is 1. The van der Waals surface area contributed by atoms with E-state index in [1.807, 2.05) is 0 Å². The number of aromatic nitrogens is 1. The van der Waals surface area contributed by atoms with Gasteiger partial charge in [-0.15, -0.1) is 11.3 Å². The number of hydrogen-bond donors (Lipinski definition) is 2. The first kappa shape index (κ1) is 13.9. The molecule has 0 spiro atoms. The van der Waals surface area contributed by atoms with Crippen molar-refractivity contribution in [2.45, 2.75) is 18.4 Å². The molecule has 0 fully saturated rings. The summed E-state index contributed by atoms with van der Waals surface area (Å²) >= 11 is 1.35. The van der Waals surface area contributed by atoms with Gasteiger partial charge in [-0.2, -0.15) is 0 Å². The van der Waals surface area contributed by atoms with Crippen molar-refractivity contribution in [3.05, 3.63) is 40.1 Å². The second kappa shape index (κ2) is 5.24. The summed E-state index contributed by atoms with van der Waals surface area (Å²) < 4.78 is 39.5. The molecule has 0 saturated heterocycles. The van der Waals surface area contributed by atoms with Crippen molar-refractivity contribution in [3.8, 4) is 0 Å². The molecular weight excluding hydrogens is 289 g/mol. The highest BCUT2D eigenvalue weighted by molar-refractivity contribution is 7.89. The van der Waals surface area contributed by atoms with Gasteiger partial charge in [0.05, 0.1) is 16.1 Å². The zero-order valence-corrected chi connectivity index (χ0v) is 11.7. The van der Waals surface area contributed by atoms with Gasteiger partial charge in [-0.25, -0.2) is 22.5 Å². The number of anilines is 1. The molecule has 0 saturated carbocycles. The Hall–Kier alpha value is -1.51. The number of sulfonamides is 1. The predicted octanol–water partition coefficient (Wildman–Crippen LogP) is 1.65. The zero-order chi connectivity index (χ0) is 14.0. The number of nitrogen functional groups attached to an aromatic ring is 1. The molecule has 0 aliphatic heterocycles. The van der Waals surface area contributed by atoms with Gasteiger partial charge in [0.25, 0.3) is 0 Å². The fourth-order valence-corrected chi connectivity index (χ4v) is 3.35. The van der Waals surface area contributed by atoms with E-state index in [0.29, 0.717) is 0 Å². The maximum Gasteiger partial charge on any atom is 0.241 e. The van der Waals surface area contributed by atoms with Crippen LogP contribution in [0.15, 0.2) is 28.6 Å². The highest BCUT2D eigenvalue weighted by Gasteiger charge is 2.16. The summed E-state index contributed by atoms with van der Waals surface area (Å²) in [4.78, 5) is 4.65. The standard InChI is InChI=1S/C11H12FN3O2S2/c1-7-11(18-6-14-7)5-15-19(16,17)10-3-8(12)2-9(13)4-10/h2-4,6,15H,5,13H2,1H3. The molecule has 0 bridgehead atoms. The van der Waals surface area contributed by atoms with Gasteiger partial charge in [-0.3, -0.25) is 0 Å². The van der Waals surface area contributed by atoms with Crippen molar-refractivity contribution in [3.63, 3.8) is 0 Å². The molecule has 0 amide bonds. The lowest BCUT2D eigenvalue weighted by atomic mass is 10.3. The first-order valence-electron chi connectivity index (χ1n) is 5.33. The van der Waals surface area contributed by atoms with Crippen LogP contribution in [0, 0.1) is 12.7 Å². The van der Waals surface area contributed by atoms with Crippen molar-refractivity contribution >= 4 is 27.0 Å². The average Bonchev–Trinajstić information content (AvgIpc) is 2.71. The summed E-state index contributed by atoms with van der Waals surface area (Å²) in [5.41, 5.74) is 7.90. The summed E-state index contributed by atoms with van der Waals surface area (Å²) in [6.45, 7) is 1.91. The first-order chi connectivity index (χ1) is 8.88. The number of halogens is 1. The number of nitrogens with two attached hydrogens (primary N) is 1. The summed E-state index contributed by atoms with van der Waals surface area (Å²) in [5, 5.41) is 0.